The van der Waals surface area contributed by atoms with Crippen molar-refractivity contribution in [2.45, 2.75) is 103 Å². The highest BCUT2D eigenvalue weighted by molar-refractivity contribution is 5.89. The largest absolute Gasteiger partial charge is 0.462 e. The zero-order valence-electron chi connectivity index (χ0n) is 20.9. The van der Waals surface area contributed by atoms with Gasteiger partial charge < -0.3 is 9.64 Å². The number of carbonyl (C=O) groups is 1. The number of unbranched alkanes of at least 4 members (excludes halogenated alkanes) is 12. The van der Waals surface area contributed by atoms with Crippen LogP contribution < -0.4 is 0 Å². The van der Waals surface area contributed by atoms with Crippen LogP contribution in [-0.2, 0) is 11.3 Å². The number of hydrogen-bond acceptors (Lipinski definition) is 3. The first kappa shape index (κ1) is 30.7. The van der Waals surface area contributed by atoms with Gasteiger partial charge in [-0.1, -0.05) is 89.0 Å². The molecule has 0 saturated heterocycles. The van der Waals surface area contributed by atoms with Crippen LogP contribution >= 0.6 is 12.4 Å². The van der Waals surface area contributed by atoms with Gasteiger partial charge in [-0.05, 0) is 63.9 Å². The lowest BCUT2D eigenvalue weighted by molar-refractivity contribution is 0.0497. The van der Waals surface area contributed by atoms with Gasteiger partial charge >= 0.3 is 5.97 Å². The third-order valence-electron chi connectivity index (χ3n) is 5.58. The van der Waals surface area contributed by atoms with E-state index in [2.05, 4.69) is 24.0 Å². The fourth-order valence-corrected chi connectivity index (χ4v) is 3.71. The molecule has 0 unspecified atom stereocenters. The van der Waals surface area contributed by atoms with E-state index < -0.39 is 0 Å². The molecule has 0 N–H and O–H groups in total. The van der Waals surface area contributed by atoms with Crippen LogP contribution in [0.2, 0.25) is 0 Å². The Hall–Kier alpha value is -1.32. The molecule has 0 spiro atoms. The Morgan fingerprint density at radius 3 is 1.81 bits per heavy atom. The molecule has 1 rings (SSSR count). The fraction of sp³-hybridized carbons (Fsp3) is 0.679. The summed E-state index contributed by atoms with van der Waals surface area (Å²) >= 11 is 0. The lowest BCUT2D eigenvalue weighted by Crippen LogP contribution is -2.11. The first-order chi connectivity index (χ1) is 15.1. The average Bonchev–Trinajstić information content (AvgIpc) is 2.76. The topological polar surface area (TPSA) is 29.5 Å². The van der Waals surface area contributed by atoms with E-state index in [0.717, 1.165) is 19.4 Å². The van der Waals surface area contributed by atoms with E-state index in [9.17, 15) is 4.79 Å². The van der Waals surface area contributed by atoms with Crippen LogP contribution in [-0.4, -0.2) is 31.6 Å². The SMILES string of the molecule is CCCCCCCC/C=C/CCCCCCCCOC(=O)c1ccc(CN(C)C)cc1.Cl. The van der Waals surface area contributed by atoms with Gasteiger partial charge in [-0.2, -0.15) is 0 Å². The Balaban J connectivity index is 0.00000961. The molecule has 0 aliphatic carbocycles. The van der Waals surface area contributed by atoms with Gasteiger partial charge in [-0.25, -0.2) is 4.79 Å². The molecule has 4 heteroatoms. The van der Waals surface area contributed by atoms with Crippen molar-refractivity contribution >= 4 is 18.4 Å². The first-order valence-electron chi connectivity index (χ1n) is 12.7. The standard InChI is InChI=1S/C28H47NO2.ClH/c1-4-5-6-7-8-9-10-11-12-13-14-15-16-17-18-19-24-31-28(30)27-22-20-26(21-23-27)25-29(2)3;/h11-12,20-23H,4-10,13-19,24-25H2,1-3H3;1H/b12-11+;. The molecule has 0 aliphatic heterocycles. The molecule has 0 bridgehead atoms. The van der Waals surface area contributed by atoms with Crippen LogP contribution in [0.4, 0.5) is 0 Å². The molecular formula is C28H48ClNO2. The minimum absolute atomic E-state index is 0. The number of allylic oxidation sites excluding steroid dienone is 2. The molecule has 0 heterocycles. The van der Waals surface area contributed by atoms with Crippen molar-refractivity contribution in [2.75, 3.05) is 20.7 Å². The number of ether oxygens (including phenoxy) is 1. The van der Waals surface area contributed by atoms with Crippen LogP contribution in [0.15, 0.2) is 36.4 Å². The highest BCUT2D eigenvalue weighted by Gasteiger charge is 2.07. The smallest absolute Gasteiger partial charge is 0.338 e. The third-order valence-corrected chi connectivity index (χ3v) is 5.58. The molecule has 0 atom stereocenters. The maximum Gasteiger partial charge on any atom is 0.338 e. The Labute approximate surface area is 204 Å². The molecule has 3 nitrogen and oxygen atoms in total. The molecule has 32 heavy (non-hydrogen) atoms. The molecular weight excluding hydrogens is 418 g/mol. The van der Waals surface area contributed by atoms with E-state index in [-0.39, 0.29) is 18.4 Å². The van der Waals surface area contributed by atoms with E-state index in [0.29, 0.717) is 12.2 Å². The Morgan fingerprint density at radius 1 is 0.781 bits per heavy atom. The maximum atomic E-state index is 12.1. The number of carbonyl (C=O) groups excluding carboxylic acids is 1. The number of esters is 1. The Bertz CT molecular complexity index is 584. The van der Waals surface area contributed by atoms with Crippen molar-refractivity contribution in [3.05, 3.63) is 47.5 Å². The predicted octanol–water partition coefficient (Wildman–Crippen LogP) is 8.36. The molecule has 0 aromatic heterocycles. The summed E-state index contributed by atoms with van der Waals surface area (Å²) in [6.07, 6.45) is 22.7. The van der Waals surface area contributed by atoms with Crippen molar-refractivity contribution in [2.24, 2.45) is 0 Å². The minimum Gasteiger partial charge on any atom is -0.462 e. The van der Waals surface area contributed by atoms with Crippen LogP contribution in [0.25, 0.3) is 0 Å². The van der Waals surface area contributed by atoms with Gasteiger partial charge in [0.15, 0.2) is 0 Å². The lowest BCUT2D eigenvalue weighted by atomic mass is 10.1. The zero-order valence-corrected chi connectivity index (χ0v) is 21.8. The second kappa shape index (κ2) is 21.5. The van der Waals surface area contributed by atoms with Crippen molar-refractivity contribution < 1.29 is 9.53 Å². The van der Waals surface area contributed by atoms with Gasteiger partial charge in [0, 0.05) is 6.54 Å². The number of nitrogens with zero attached hydrogens (tertiary/aromatic N) is 1. The van der Waals surface area contributed by atoms with E-state index in [4.69, 9.17) is 4.74 Å². The third kappa shape index (κ3) is 17.3. The molecule has 0 aliphatic rings. The second-order valence-corrected chi connectivity index (χ2v) is 9.01. The highest BCUT2D eigenvalue weighted by atomic mass is 35.5. The summed E-state index contributed by atoms with van der Waals surface area (Å²) in [5.74, 6) is -0.204. The number of hydrogen-bond donors (Lipinski definition) is 0. The van der Waals surface area contributed by atoms with Gasteiger partial charge in [-0.3, -0.25) is 0 Å². The Kier molecular flexibility index (Phi) is 20.6. The summed E-state index contributed by atoms with van der Waals surface area (Å²) in [6, 6.07) is 7.73. The minimum atomic E-state index is -0.204. The number of benzene rings is 1. The van der Waals surface area contributed by atoms with E-state index in [1.165, 1.54) is 82.6 Å². The molecule has 1 aromatic rings. The highest BCUT2D eigenvalue weighted by Crippen LogP contribution is 2.11. The molecule has 0 fully saturated rings. The van der Waals surface area contributed by atoms with Gasteiger partial charge in [0.05, 0.1) is 12.2 Å². The molecule has 1 aromatic carbocycles. The van der Waals surface area contributed by atoms with Gasteiger partial charge in [0.2, 0.25) is 0 Å². The van der Waals surface area contributed by atoms with E-state index in [1.807, 2.05) is 38.4 Å². The van der Waals surface area contributed by atoms with Crippen LogP contribution in [0.3, 0.4) is 0 Å². The lowest BCUT2D eigenvalue weighted by Gasteiger charge is -2.10. The van der Waals surface area contributed by atoms with Crippen molar-refractivity contribution in [3.63, 3.8) is 0 Å². The summed E-state index contributed by atoms with van der Waals surface area (Å²) in [5, 5.41) is 0. The van der Waals surface area contributed by atoms with Gasteiger partial charge in [0.25, 0.3) is 0 Å². The second-order valence-electron chi connectivity index (χ2n) is 9.01. The average molecular weight is 466 g/mol. The monoisotopic (exact) mass is 465 g/mol. The predicted molar refractivity (Wildman–Crippen MR) is 141 cm³/mol. The molecule has 0 radical (unpaired) electrons. The molecule has 184 valence electrons. The van der Waals surface area contributed by atoms with E-state index >= 15 is 0 Å². The first-order valence-corrected chi connectivity index (χ1v) is 12.7. The summed E-state index contributed by atoms with van der Waals surface area (Å²) in [5.41, 5.74) is 1.85. The summed E-state index contributed by atoms with van der Waals surface area (Å²) in [4.78, 5) is 14.2. The molecule has 0 saturated carbocycles. The zero-order chi connectivity index (χ0) is 22.6. The van der Waals surface area contributed by atoms with Gasteiger partial charge in [0.1, 0.15) is 0 Å². The normalized spacial score (nSPS) is 11.1. The maximum absolute atomic E-state index is 12.1. The molecule has 0 amide bonds. The van der Waals surface area contributed by atoms with Crippen LogP contribution in [0, 0.1) is 0 Å². The number of halogens is 1. The van der Waals surface area contributed by atoms with Crippen LogP contribution in [0.1, 0.15) is 113 Å². The fourth-order valence-electron chi connectivity index (χ4n) is 3.71. The van der Waals surface area contributed by atoms with Gasteiger partial charge in [-0.15, -0.1) is 12.4 Å². The number of rotatable bonds is 19. The van der Waals surface area contributed by atoms with Crippen molar-refractivity contribution in [1.82, 2.24) is 4.90 Å². The summed E-state index contributed by atoms with van der Waals surface area (Å²) in [6.45, 7) is 3.68. The summed E-state index contributed by atoms with van der Waals surface area (Å²) in [7, 11) is 4.08. The quantitative estimate of drug-likeness (QED) is 0.117. The van der Waals surface area contributed by atoms with Crippen LogP contribution in [0.5, 0.6) is 0 Å². The van der Waals surface area contributed by atoms with Crippen molar-refractivity contribution in [3.8, 4) is 0 Å². The van der Waals surface area contributed by atoms with Crippen molar-refractivity contribution in [1.29, 1.82) is 0 Å². The summed E-state index contributed by atoms with van der Waals surface area (Å²) < 4.78 is 5.41. The Morgan fingerprint density at radius 2 is 1.28 bits per heavy atom. The van der Waals surface area contributed by atoms with E-state index in [1.54, 1.807) is 0 Å².